The Hall–Kier alpha value is -7.18. The molecular weight excluding hydrogens is 923 g/mol. The van der Waals surface area contributed by atoms with Crippen molar-refractivity contribution in [1.82, 2.24) is 19.9 Å². The van der Waals surface area contributed by atoms with Gasteiger partial charge in [-0.1, -0.05) is 59.6 Å². The highest BCUT2D eigenvalue weighted by Crippen LogP contribution is 2.48. The maximum Gasteiger partial charge on any atom is 0.345 e. The third-order valence-electron chi connectivity index (χ3n) is 10.6. The summed E-state index contributed by atoms with van der Waals surface area (Å²) in [6, 6.07) is 31.0. The number of aromatic nitrogens is 4. The monoisotopic (exact) mass is 960 g/mol. The topological polar surface area (TPSA) is 178 Å². The summed E-state index contributed by atoms with van der Waals surface area (Å²) >= 11 is 8.24. The fraction of sp³-hybridized carbons (Fsp3) is 0.163. The van der Waals surface area contributed by atoms with Gasteiger partial charge in [-0.05, 0) is 90.8 Å². The van der Waals surface area contributed by atoms with E-state index in [2.05, 4.69) is 15.0 Å². The fourth-order valence-corrected chi connectivity index (χ4v) is 9.62. The van der Waals surface area contributed by atoms with Gasteiger partial charge in [0.25, 0.3) is 10.1 Å². The van der Waals surface area contributed by atoms with Crippen molar-refractivity contribution in [2.75, 3.05) is 20.3 Å². The number of halogens is 2. The second-order valence-electron chi connectivity index (χ2n) is 15.2. The number of methoxy groups -OCH3 is 1. The Balaban J connectivity index is 1.12. The molecule has 0 radical (unpaired) electrons. The van der Waals surface area contributed by atoms with Crippen LogP contribution in [0.3, 0.4) is 0 Å². The molecule has 10 rings (SSSR count). The van der Waals surface area contributed by atoms with Crippen LogP contribution in [-0.2, 0) is 32.1 Å². The molecule has 340 valence electrons. The van der Waals surface area contributed by atoms with Crippen LogP contribution in [0.1, 0.15) is 16.8 Å². The highest BCUT2D eigenvalue weighted by molar-refractivity contribution is 7.86. The zero-order chi connectivity index (χ0) is 46.7. The van der Waals surface area contributed by atoms with Gasteiger partial charge in [0.05, 0.1) is 33.7 Å². The molecule has 14 nitrogen and oxygen atoms in total. The minimum absolute atomic E-state index is 0.0236. The lowest BCUT2D eigenvalue weighted by molar-refractivity contribution is -0.145. The van der Waals surface area contributed by atoms with Crippen LogP contribution in [0.2, 0.25) is 5.02 Å². The van der Waals surface area contributed by atoms with Crippen LogP contribution in [-0.4, -0.2) is 72.0 Å². The van der Waals surface area contributed by atoms with E-state index in [4.69, 9.17) is 44.5 Å². The number of hydrogen-bond acceptors (Lipinski definition) is 14. The number of carboxylic acid groups (broad SMARTS) is 1. The van der Waals surface area contributed by atoms with Crippen molar-refractivity contribution in [3.8, 4) is 61.8 Å². The predicted molar refractivity (Wildman–Crippen MR) is 248 cm³/mol. The van der Waals surface area contributed by atoms with E-state index in [1.54, 1.807) is 80.0 Å². The highest BCUT2D eigenvalue weighted by atomic mass is 35.5. The zero-order valence-electron chi connectivity index (χ0n) is 35.6. The van der Waals surface area contributed by atoms with Gasteiger partial charge >= 0.3 is 5.97 Å². The number of rotatable bonds is 11. The number of ether oxygens (including phenoxy) is 5. The molecule has 2 aliphatic heterocycles. The Kier molecular flexibility index (Phi) is 13.0. The summed E-state index contributed by atoms with van der Waals surface area (Å²) in [5.41, 5.74) is 4.18. The standard InChI is InChI=1S/C49H38ClFN4O10S2/c1-28-7-15-36(16-8-28)67(58,59)63-26-35-25-61-34-14-18-39(62-24-33-19-20-52-46(55-33)37-5-3-4-6-40(37)60-2)31(21-34)23-42(49(56)57)65-47-44-43(30-11-17-41(64-35)38(50)22-30)45(66-48(44)54-27-53-47)29-9-12-32(51)13-10-29/h3-22,27,35,42H,23-26H2,1-2H3,(H,56,57)/t35-,42+/m0/s1. The molecule has 4 bridgehead atoms. The molecule has 2 atom stereocenters. The summed E-state index contributed by atoms with van der Waals surface area (Å²) in [6.07, 6.45) is 0.0522. The normalized spacial score (nSPS) is 14.9. The van der Waals surface area contributed by atoms with E-state index in [0.29, 0.717) is 65.9 Å². The Labute approximate surface area is 392 Å². The average Bonchev–Trinajstić information content (AvgIpc) is 3.73. The number of benzene rings is 5. The summed E-state index contributed by atoms with van der Waals surface area (Å²) in [6.45, 7) is 1.09. The number of fused-ring (bicyclic) bond motifs is 7. The van der Waals surface area contributed by atoms with Crippen molar-refractivity contribution < 1.29 is 50.6 Å². The third-order valence-corrected chi connectivity index (χ3v) is 13.4. The van der Waals surface area contributed by atoms with Crippen LogP contribution in [0.15, 0.2) is 133 Å². The molecule has 18 heteroatoms. The molecule has 1 N–H and O–H groups in total. The van der Waals surface area contributed by atoms with Gasteiger partial charge in [-0.2, -0.15) is 8.42 Å². The zero-order valence-corrected chi connectivity index (χ0v) is 38.0. The van der Waals surface area contributed by atoms with Crippen molar-refractivity contribution in [2.24, 2.45) is 0 Å². The summed E-state index contributed by atoms with van der Waals surface area (Å²) < 4.78 is 77.3. The van der Waals surface area contributed by atoms with Gasteiger partial charge in [0, 0.05) is 28.6 Å². The van der Waals surface area contributed by atoms with Crippen molar-refractivity contribution >= 4 is 49.2 Å². The first kappa shape index (κ1) is 45.0. The fourth-order valence-electron chi connectivity index (χ4n) is 7.30. The number of para-hydroxylation sites is 1. The predicted octanol–water partition coefficient (Wildman–Crippen LogP) is 9.79. The van der Waals surface area contributed by atoms with Crippen LogP contribution >= 0.6 is 22.9 Å². The molecule has 0 amide bonds. The van der Waals surface area contributed by atoms with E-state index in [0.717, 1.165) is 5.56 Å². The number of hydrogen-bond donors (Lipinski definition) is 1. The Morgan fingerprint density at radius 3 is 2.48 bits per heavy atom. The maximum absolute atomic E-state index is 14.2. The Morgan fingerprint density at radius 2 is 1.70 bits per heavy atom. The molecule has 5 heterocycles. The highest BCUT2D eigenvalue weighted by Gasteiger charge is 2.29. The molecule has 5 aromatic carbocycles. The van der Waals surface area contributed by atoms with Crippen LogP contribution in [0.25, 0.3) is 43.2 Å². The molecule has 0 unspecified atom stereocenters. The first-order valence-electron chi connectivity index (χ1n) is 20.6. The molecular formula is C49H38ClFN4O10S2. The summed E-state index contributed by atoms with van der Waals surface area (Å²) in [4.78, 5) is 32.4. The van der Waals surface area contributed by atoms with Gasteiger partial charge in [0.1, 0.15) is 59.8 Å². The van der Waals surface area contributed by atoms with Gasteiger partial charge in [-0.3, -0.25) is 4.18 Å². The quantitative estimate of drug-likeness (QED) is 0.121. The largest absolute Gasteiger partial charge is 0.496 e. The number of aliphatic carboxylic acids is 1. The molecule has 3 aromatic heterocycles. The molecule has 0 aliphatic carbocycles. The summed E-state index contributed by atoms with van der Waals surface area (Å²) in [5, 5.41) is 11.3. The van der Waals surface area contributed by atoms with Crippen LogP contribution in [0.4, 0.5) is 4.39 Å². The molecule has 2 aliphatic rings. The molecule has 0 fully saturated rings. The third kappa shape index (κ3) is 10.00. The van der Waals surface area contributed by atoms with Crippen LogP contribution in [0, 0.1) is 12.7 Å². The lowest BCUT2D eigenvalue weighted by atomic mass is 9.99. The minimum atomic E-state index is -4.23. The van der Waals surface area contributed by atoms with Crippen molar-refractivity contribution in [1.29, 1.82) is 0 Å². The molecule has 0 saturated heterocycles. The van der Waals surface area contributed by atoms with E-state index < -0.39 is 40.7 Å². The summed E-state index contributed by atoms with van der Waals surface area (Å²) in [7, 11) is -2.67. The first-order chi connectivity index (χ1) is 32.4. The van der Waals surface area contributed by atoms with Gasteiger partial charge in [-0.15, -0.1) is 11.3 Å². The lowest BCUT2D eigenvalue weighted by Gasteiger charge is -2.21. The van der Waals surface area contributed by atoms with E-state index >= 15 is 0 Å². The lowest BCUT2D eigenvalue weighted by Crippen LogP contribution is -2.31. The number of thiophene rings is 1. The van der Waals surface area contributed by atoms with E-state index in [1.807, 2.05) is 31.2 Å². The number of aryl methyl sites for hydroxylation is 1. The van der Waals surface area contributed by atoms with E-state index in [1.165, 1.54) is 41.9 Å². The number of carbonyl (C=O) groups is 1. The second kappa shape index (κ2) is 19.3. The van der Waals surface area contributed by atoms with Crippen LogP contribution < -0.4 is 23.7 Å². The van der Waals surface area contributed by atoms with Crippen molar-refractivity contribution in [2.45, 2.75) is 37.1 Å². The van der Waals surface area contributed by atoms with Crippen molar-refractivity contribution in [3.63, 3.8) is 0 Å². The van der Waals surface area contributed by atoms with Gasteiger partial charge in [-0.25, -0.2) is 29.1 Å². The SMILES string of the molecule is COc1ccccc1-c1nccc(COc2ccc3cc2C[C@H](C(=O)O)Oc2ncnc4sc(-c5ccc(F)cc5)c(c24)-c2ccc(c(Cl)c2)O[C@H](COS(=O)(=O)c2ccc(C)cc2)CO3)n1. The van der Waals surface area contributed by atoms with Crippen molar-refractivity contribution in [3.05, 3.63) is 155 Å². The first-order valence-corrected chi connectivity index (χ1v) is 23.2. The molecule has 0 spiro atoms. The minimum Gasteiger partial charge on any atom is -0.496 e. The average molecular weight is 961 g/mol. The second-order valence-corrected chi connectivity index (χ2v) is 18.2. The molecule has 0 saturated carbocycles. The number of carboxylic acids is 1. The summed E-state index contributed by atoms with van der Waals surface area (Å²) in [5.74, 6) is -0.00387. The van der Waals surface area contributed by atoms with Crippen LogP contribution in [0.5, 0.6) is 28.9 Å². The van der Waals surface area contributed by atoms with E-state index in [-0.39, 0.29) is 46.9 Å². The maximum atomic E-state index is 14.2. The Bertz CT molecular complexity index is 3230. The van der Waals surface area contributed by atoms with E-state index in [9.17, 15) is 22.7 Å². The molecule has 67 heavy (non-hydrogen) atoms. The number of nitrogens with zero attached hydrogens (tertiary/aromatic N) is 4. The van der Waals surface area contributed by atoms with Gasteiger partial charge in [0.2, 0.25) is 12.0 Å². The van der Waals surface area contributed by atoms with Gasteiger partial charge in [0.15, 0.2) is 11.9 Å². The van der Waals surface area contributed by atoms with Gasteiger partial charge < -0.3 is 28.8 Å². The Morgan fingerprint density at radius 1 is 0.910 bits per heavy atom. The molecule has 8 aromatic rings. The smallest absolute Gasteiger partial charge is 0.345 e.